The smallest absolute Gasteiger partial charge is 0.317 e. The van der Waals surface area contributed by atoms with E-state index in [2.05, 4.69) is 19.2 Å². The Morgan fingerprint density at radius 1 is 1.31 bits per heavy atom. The van der Waals surface area contributed by atoms with Crippen LogP contribution in [0.15, 0.2) is 0 Å². The molecule has 0 radical (unpaired) electrons. The van der Waals surface area contributed by atoms with Crippen molar-refractivity contribution < 1.29 is 9.59 Å². The lowest BCUT2D eigenvalue weighted by atomic mass is 10.1. The molecule has 1 aliphatic rings. The predicted octanol–water partition coefficient (Wildman–Crippen LogP) is 0.516. The van der Waals surface area contributed by atoms with E-state index in [4.69, 9.17) is 0 Å². The number of hydrogen-bond donors (Lipinski definition) is 1. The van der Waals surface area contributed by atoms with Gasteiger partial charge in [0.25, 0.3) is 0 Å². The van der Waals surface area contributed by atoms with Gasteiger partial charge in [-0.3, -0.25) is 4.79 Å². The average Bonchev–Trinajstić information content (AvgIpc) is 2.28. The highest BCUT2D eigenvalue weighted by Gasteiger charge is 2.19. The highest BCUT2D eigenvalue weighted by atomic mass is 16.2. The van der Waals surface area contributed by atoms with E-state index < -0.39 is 0 Å². The third kappa shape index (κ3) is 4.08. The summed E-state index contributed by atoms with van der Waals surface area (Å²) in [4.78, 5) is 25.6. The van der Waals surface area contributed by atoms with Gasteiger partial charge in [0, 0.05) is 32.7 Å². The molecule has 0 aromatic heterocycles. The molecule has 5 nitrogen and oxygen atoms in total. The fourth-order valence-electron chi connectivity index (χ4n) is 1.61. The molecule has 0 aliphatic carbocycles. The number of nitrogens with one attached hydrogen (secondary N) is 1. The van der Waals surface area contributed by atoms with Gasteiger partial charge in [-0.15, -0.1) is 0 Å². The molecule has 5 heteroatoms. The summed E-state index contributed by atoms with van der Waals surface area (Å²) in [5.74, 6) is 0.604. The summed E-state index contributed by atoms with van der Waals surface area (Å²) >= 11 is 0. The number of rotatable bonds is 4. The summed E-state index contributed by atoms with van der Waals surface area (Å²) in [6.07, 6.45) is 1.84. The molecule has 1 N–H and O–H groups in total. The first-order valence-electron chi connectivity index (χ1n) is 5.85. The first kappa shape index (κ1) is 12.8. The zero-order valence-electron chi connectivity index (χ0n) is 10.1. The van der Waals surface area contributed by atoms with Crippen LogP contribution in [0.2, 0.25) is 0 Å². The van der Waals surface area contributed by atoms with Crippen LogP contribution in [0.25, 0.3) is 0 Å². The molecule has 0 saturated carbocycles. The van der Waals surface area contributed by atoms with Gasteiger partial charge in [0.15, 0.2) is 0 Å². The highest BCUT2D eigenvalue weighted by Crippen LogP contribution is 2.01. The summed E-state index contributed by atoms with van der Waals surface area (Å²) in [5.41, 5.74) is 0. The van der Waals surface area contributed by atoms with Gasteiger partial charge in [-0.2, -0.15) is 0 Å². The number of nitrogens with zero attached hydrogens (tertiary/aromatic N) is 2. The van der Waals surface area contributed by atoms with E-state index in [-0.39, 0.29) is 6.03 Å². The number of amides is 3. The molecule has 3 amide bonds. The number of carbonyl (C=O) groups excluding carboxylic acids is 2. The summed E-state index contributed by atoms with van der Waals surface area (Å²) < 4.78 is 0. The average molecular weight is 227 g/mol. The second kappa shape index (κ2) is 6.35. The Morgan fingerprint density at radius 3 is 2.44 bits per heavy atom. The molecule has 0 atom stereocenters. The standard InChI is InChI=1S/C11H21N3O2/c1-10(2)3-4-12-11(16)14-7-5-13(9-15)6-8-14/h9-10H,3-8H2,1-2H3,(H,12,16). The maximum absolute atomic E-state index is 11.7. The number of carbonyl (C=O) groups is 2. The summed E-state index contributed by atoms with van der Waals surface area (Å²) in [6, 6.07) is -0.00815. The van der Waals surface area contributed by atoms with Gasteiger partial charge in [-0.05, 0) is 12.3 Å². The Hall–Kier alpha value is -1.26. The first-order chi connectivity index (χ1) is 7.63. The van der Waals surface area contributed by atoms with E-state index in [1.54, 1.807) is 9.80 Å². The Kier molecular flexibility index (Phi) is 5.08. The third-order valence-corrected chi connectivity index (χ3v) is 2.75. The molecular weight excluding hydrogens is 206 g/mol. The van der Waals surface area contributed by atoms with E-state index in [1.165, 1.54) is 0 Å². The quantitative estimate of drug-likeness (QED) is 0.712. The molecule has 16 heavy (non-hydrogen) atoms. The van der Waals surface area contributed by atoms with Crippen LogP contribution in [0, 0.1) is 5.92 Å². The van der Waals surface area contributed by atoms with Crippen molar-refractivity contribution in [2.75, 3.05) is 32.7 Å². The maximum atomic E-state index is 11.7. The van der Waals surface area contributed by atoms with Gasteiger partial charge < -0.3 is 15.1 Å². The Labute approximate surface area is 96.8 Å². The minimum Gasteiger partial charge on any atom is -0.342 e. The monoisotopic (exact) mass is 227 g/mol. The summed E-state index contributed by atoms with van der Waals surface area (Å²) in [6.45, 7) is 7.54. The van der Waals surface area contributed by atoms with Crippen LogP contribution in [0.5, 0.6) is 0 Å². The van der Waals surface area contributed by atoms with E-state index >= 15 is 0 Å². The summed E-state index contributed by atoms with van der Waals surface area (Å²) in [7, 11) is 0. The van der Waals surface area contributed by atoms with Crippen LogP contribution in [0.1, 0.15) is 20.3 Å². The fourth-order valence-corrected chi connectivity index (χ4v) is 1.61. The van der Waals surface area contributed by atoms with Gasteiger partial charge in [0.05, 0.1) is 0 Å². The Morgan fingerprint density at radius 2 is 1.94 bits per heavy atom. The number of piperazine rings is 1. The van der Waals surface area contributed by atoms with Crippen molar-refractivity contribution in [1.82, 2.24) is 15.1 Å². The third-order valence-electron chi connectivity index (χ3n) is 2.75. The van der Waals surface area contributed by atoms with Gasteiger partial charge in [-0.1, -0.05) is 13.8 Å². The van der Waals surface area contributed by atoms with E-state index in [1.807, 2.05) is 0 Å². The van der Waals surface area contributed by atoms with Crippen molar-refractivity contribution in [2.24, 2.45) is 5.92 Å². The number of urea groups is 1. The van der Waals surface area contributed by atoms with Crippen molar-refractivity contribution >= 4 is 12.4 Å². The second-order valence-electron chi connectivity index (χ2n) is 4.54. The predicted molar refractivity (Wildman–Crippen MR) is 62.1 cm³/mol. The fraction of sp³-hybridized carbons (Fsp3) is 0.818. The second-order valence-corrected chi connectivity index (χ2v) is 4.54. The van der Waals surface area contributed by atoms with Gasteiger partial charge in [0.1, 0.15) is 0 Å². The molecule has 1 rings (SSSR count). The minimum atomic E-state index is -0.00815. The molecule has 0 spiro atoms. The largest absolute Gasteiger partial charge is 0.342 e. The molecule has 1 saturated heterocycles. The van der Waals surface area contributed by atoms with Crippen LogP contribution in [-0.4, -0.2) is 55.0 Å². The van der Waals surface area contributed by atoms with Crippen molar-refractivity contribution in [1.29, 1.82) is 0 Å². The van der Waals surface area contributed by atoms with Crippen LogP contribution >= 0.6 is 0 Å². The van der Waals surface area contributed by atoms with Crippen LogP contribution < -0.4 is 5.32 Å². The van der Waals surface area contributed by atoms with Crippen molar-refractivity contribution in [3.8, 4) is 0 Å². The molecule has 0 unspecified atom stereocenters. The topological polar surface area (TPSA) is 52.7 Å². The molecule has 1 fully saturated rings. The van der Waals surface area contributed by atoms with Gasteiger partial charge >= 0.3 is 6.03 Å². The molecule has 0 bridgehead atoms. The molecule has 0 aromatic rings. The molecular formula is C11H21N3O2. The van der Waals surface area contributed by atoms with Gasteiger partial charge in [-0.25, -0.2) is 4.79 Å². The lowest BCUT2D eigenvalue weighted by Gasteiger charge is -2.32. The SMILES string of the molecule is CC(C)CCNC(=O)N1CCN(C=O)CC1. The summed E-state index contributed by atoms with van der Waals surface area (Å²) in [5, 5.41) is 2.90. The molecule has 0 aromatic carbocycles. The molecule has 1 heterocycles. The van der Waals surface area contributed by atoms with E-state index in [9.17, 15) is 9.59 Å². The van der Waals surface area contributed by atoms with Crippen molar-refractivity contribution in [3.05, 3.63) is 0 Å². The molecule has 1 aliphatic heterocycles. The lowest BCUT2D eigenvalue weighted by molar-refractivity contribution is -0.119. The van der Waals surface area contributed by atoms with Crippen molar-refractivity contribution in [2.45, 2.75) is 20.3 Å². The van der Waals surface area contributed by atoms with Crippen molar-refractivity contribution in [3.63, 3.8) is 0 Å². The van der Waals surface area contributed by atoms with Crippen LogP contribution in [0.3, 0.4) is 0 Å². The van der Waals surface area contributed by atoms with Gasteiger partial charge in [0.2, 0.25) is 6.41 Å². The lowest BCUT2D eigenvalue weighted by Crippen LogP contribution is -2.51. The Balaban J connectivity index is 2.20. The maximum Gasteiger partial charge on any atom is 0.317 e. The first-order valence-corrected chi connectivity index (χ1v) is 5.85. The molecule has 92 valence electrons. The van der Waals surface area contributed by atoms with E-state index in [0.29, 0.717) is 32.1 Å². The van der Waals surface area contributed by atoms with Crippen LogP contribution in [0.4, 0.5) is 4.79 Å². The Bertz CT molecular complexity index is 235. The highest BCUT2D eigenvalue weighted by molar-refractivity contribution is 5.74. The zero-order chi connectivity index (χ0) is 12.0. The normalized spacial score (nSPS) is 16.4. The number of hydrogen-bond acceptors (Lipinski definition) is 2. The minimum absolute atomic E-state index is 0.00815. The van der Waals surface area contributed by atoms with E-state index in [0.717, 1.165) is 19.4 Å². The van der Waals surface area contributed by atoms with Crippen LogP contribution in [-0.2, 0) is 4.79 Å². The zero-order valence-corrected chi connectivity index (χ0v) is 10.1.